The predicted octanol–water partition coefficient (Wildman–Crippen LogP) is 2.91. The highest BCUT2D eigenvalue weighted by molar-refractivity contribution is 5.93. The minimum atomic E-state index is 0.0123. The molecule has 1 aliphatic rings. The zero-order chi connectivity index (χ0) is 22.2. The Morgan fingerprint density at radius 1 is 0.903 bits per heavy atom. The van der Waals surface area contributed by atoms with Gasteiger partial charge in [-0.3, -0.25) is 19.4 Å². The maximum Gasteiger partial charge on any atom is 0.238 e. The molecule has 0 radical (unpaired) electrons. The Hall–Kier alpha value is -2.70. The van der Waals surface area contributed by atoms with Crippen LogP contribution in [-0.2, 0) is 16.1 Å². The summed E-state index contributed by atoms with van der Waals surface area (Å²) in [5.74, 6) is 0.172. The Morgan fingerprint density at radius 2 is 1.55 bits per heavy atom. The van der Waals surface area contributed by atoms with Crippen LogP contribution in [0.15, 0.2) is 48.5 Å². The van der Waals surface area contributed by atoms with E-state index in [-0.39, 0.29) is 11.8 Å². The Labute approximate surface area is 185 Å². The summed E-state index contributed by atoms with van der Waals surface area (Å²) in [5.41, 5.74) is 4.31. The molecular formula is C25H34N4O2. The minimum absolute atomic E-state index is 0.0123. The van der Waals surface area contributed by atoms with E-state index < -0.39 is 0 Å². The first-order chi connectivity index (χ1) is 15.0. The molecule has 2 amide bonds. The van der Waals surface area contributed by atoms with Crippen LogP contribution < -0.4 is 5.32 Å². The number of amides is 2. The second-order valence-electron chi connectivity index (χ2n) is 8.24. The van der Waals surface area contributed by atoms with Gasteiger partial charge in [-0.15, -0.1) is 0 Å². The van der Waals surface area contributed by atoms with Crippen LogP contribution in [0.1, 0.15) is 23.6 Å². The van der Waals surface area contributed by atoms with Crippen LogP contribution >= 0.6 is 0 Å². The third kappa shape index (κ3) is 6.64. The number of aryl methyl sites for hydroxylation is 1. The normalized spacial score (nSPS) is 14.9. The van der Waals surface area contributed by atoms with Crippen molar-refractivity contribution >= 4 is 17.5 Å². The first-order valence-electron chi connectivity index (χ1n) is 11.1. The van der Waals surface area contributed by atoms with E-state index in [0.717, 1.165) is 43.0 Å². The molecule has 1 fully saturated rings. The summed E-state index contributed by atoms with van der Waals surface area (Å²) < 4.78 is 0. The summed E-state index contributed by atoms with van der Waals surface area (Å²) in [4.78, 5) is 31.5. The van der Waals surface area contributed by atoms with Crippen molar-refractivity contribution in [3.05, 3.63) is 65.2 Å². The van der Waals surface area contributed by atoms with Crippen molar-refractivity contribution in [2.24, 2.45) is 0 Å². The number of carbonyl (C=O) groups excluding carboxylic acids is 2. The van der Waals surface area contributed by atoms with Gasteiger partial charge in [-0.1, -0.05) is 42.5 Å². The molecular weight excluding hydrogens is 388 g/mol. The lowest BCUT2D eigenvalue weighted by atomic mass is 10.1. The molecule has 0 saturated carbocycles. The zero-order valence-corrected chi connectivity index (χ0v) is 18.9. The highest BCUT2D eigenvalue weighted by atomic mass is 16.2. The Kier molecular flexibility index (Phi) is 8.20. The van der Waals surface area contributed by atoms with Crippen molar-refractivity contribution in [2.75, 3.05) is 51.1 Å². The lowest BCUT2D eigenvalue weighted by molar-refractivity contribution is -0.133. The van der Waals surface area contributed by atoms with Crippen LogP contribution in [-0.4, -0.2) is 72.3 Å². The number of rotatable bonds is 8. The fourth-order valence-corrected chi connectivity index (χ4v) is 3.86. The largest absolute Gasteiger partial charge is 0.338 e. The van der Waals surface area contributed by atoms with Crippen LogP contribution in [0.25, 0.3) is 0 Å². The van der Waals surface area contributed by atoms with Crippen molar-refractivity contribution in [2.45, 2.75) is 27.3 Å². The van der Waals surface area contributed by atoms with Gasteiger partial charge in [-0.2, -0.15) is 0 Å². The van der Waals surface area contributed by atoms with Crippen LogP contribution in [0.5, 0.6) is 0 Å². The summed E-state index contributed by atoms with van der Waals surface area (Å²) in [6, 6.07) is 16.1. The maximum absolute atomic E-state index is 12.8. The van der Waals surface area contributed by atoms with E-state index in [1.54, 1.807) is 0 Å². The van der Waals surface area contributed by atoms with Crippen molar-refractivity contribution in [1.29, 1.82) is 0 Å². The molecule has 3 rings (SSSR count). The van der Waals surface area contributed by atoms with Gasteiger partial charge in [-0.25, -0.2) is 0 Å². The molecule has 6 nitrogen and oxygen atoms in total. The van der Waals surface area contributed by atoms with Crippen molar-refractivity contribution in [1.82, 2.24) is 14.7 Å². The molecule has 1 saturated heterocycles. The number of hydrogen-bond acceptors (Lipinski definition) is 4. The number of carbonyl (C=O) groups is 2. The second kappa shape index (κ2) is 11.1. The minimum Gasteiger partial charge on any atom is -0.338 e. The fraction of sp³-hybridized carbons (Fsp3) is 0.440. The first-order valence-corrected chi connectivity index (χ1v) is 11.1. The zero-order valence-electron chi connectivity index (χ0n) is 18.9. The van der Waals surface area contributed by atoms with Gasteiger partial charge in [0, 0.05) is 45.0 Å². The summed E-state index contributed by atoms with van der Waals surface area (Å²) in [6.07, 6.45) is 0. The maximum atomic E-state index is 12.8. The van der Waals surface area contributed by atoms with Gasteiger partial charge in [0.1, 0.15) is 0 Å². The van der Waals surface area contributed by atoms with E-state index >= 15 is 0 Å². The van der Waals surface area contributed by atoms with E-state index in [9.17, 15) is 9.59 Å². The molecule has 2 aromatic carbocycles. The molecule has 0 aliphatic carbocycles. The van der Waals surface area contributed by atoms with Gasteiger partial charge in [0.25, 0.3) is 0 Å². The fourth-order valence-electron chi connectivity index (χ4n) is 3.86. The summed E-state index contributed by atoms with van der Waals surface area (Å²) in [7, 11) is 0. The molecule has 0 atom stereocenters. The molecule has 2 aromatic rings. The molecule has 31 heavy (non-hydrogen) atoms. The third-order valence-corrected chi connectivity index (χ3v) is 6.02. The monoisotopic (exact) mass is 422 g/mol. The molecule has 0 unspecified atom stereocenters. The average molecular weight is 423 g/mol. The molecule has 1 aliphatic heterocycles. The predicted molar refractivity (Wildman–Crippen MR) is 125 cm³/mol. The van der Waals surface area contributed by atoms with E-state index in [4.69, 9.17) is 0 Å². The van der Waals surface area contributed by atoms with Gasteiger partial charge in [-0.05, 0) is 43.5 Å². The van der Waals surface area contributed by atoms with Crippen LogP contribution in [0.4, 0.5) is 5.69 Å². The van der Waals surface area contributed by atoms with E-state index in [0.29, 0.717) is 26.2 Å². The van der Waals surface area contributed by atoms with E-state index in [1.807, 2.05) is 62.1 Å². The van der Waals surface area contributed by atoms with Gasteiger partial charge in [0.15, 0.2) is 0 Å². The van der Waals surface area contributed by atoms with E-state index in [2.05, 4.69) is 27.2 Å². The SMILES string of the molecule is CCN(Cc1ccccc1)C(=O)CN1CCN(CC(=O)Nc2cccc(C)c2C)CC1. The Balaban J connectivity index is 1.43. The summed E-state index contributed by atoms with van der Waals surface area (Å²) >= 11 is 0. The highest BCUT2D eigenvalue weighted by Crippen LogP contribution is 2.18. The average Bonchev–Trinajstić information content (AvgIpc) is 2.77. The number of piperazine rings is 1. The Bertz CT molecular complexity index is 876. The molecule has 0 spiro atoms. The number of nitrogens with one attached hydrogen (secondary N) is 1. The third-order valence-electron chi connectivity index (χ3n) is 6.02. The number of hydrogen-bond donors (Lipinski definition) is 1. The number of likely N-dealkylation sites (N-methyl/N-ethyl adjacent to an activating group) is 1. The molecule has 166 valence electrons. The summed E-state index contributed by atoms with van der Waals surface area (Å²) in [5, 5.41) is 3.03. The highest BCUT2D eigenvalue weighted by Gasteiger charge is 2.22. The van der Waals surface area contributed by atoms with Gasteiger partial charge >= 0.3 is 0 Å². The number of nitrogens with zero attached hydrogens (tertiary/aromatic N) is 3. The van der Waals surface area contributed by atoms with Crippen molar-refractivity contribution < 1.29 is 9.59 Å². The lowest BCUT2D eigenvalue weighted by Gasteiger charge is -2.35. The molecule has 1 N–H and O–H groups in total. The smallest absolute Gasteiger partial charge is 0.238 e. The number of benzene rings is 2. The Morgan fingerprint density at radius 3 is 2.19 bits per heavy atom. The molecule has 0 aromatic heterocycles. The topological polar surface area (TPSA) is 55.9 Å². The van der Waals surface area contributed by atoms with Crippen LogP contribution in [0, 0.1) is 13.8 Å². The quantitative estimate of drug-likeness (QED) is 0.711. The molecule has 6 heteroatoms. The van der Waals surface area contributed by atoms with Gasteiger partial charge in [0.2, 0.25) is 11.8 Å². The van der Waals surface area contributed by atoms with Gasteiger partial charge < -0.3 is 10.2 Å². The van der Waals surface area contributed by atoms with Gasteiger partial charge in [0.05, 0.1) is 13.1 Å². The molecule has 1 heterocycles. The summed E-state index contributed by atoms with van der Waals surface area (Å²) in [6.45, 7) is 11.4. The molecule has 0 bridgehead atoms. The lowest BCUT2D eigenvalue weighted by Crippen LogP contribution is -2.51. The van der Waals surface area contributed by atoms with Crippen LogP contribution in [0.3, 0.4) is 0 Å². The standard InChI is InChI=1S/C25H34N4O2/c1-4-29(17-22-10-6-5-7-11-22)25(31)19-28-15-13-27(14-16-28)18-24(30)26-23-12-8-9-20(2)21(23)3/h5-12H,4,13-19H2,1-3H3,(H,26,30). The van der Waals surface area contributed by atoms with Crippen molar-refractivity contribution in [3.63, 3.8) is 0 Å². The van der Waals surface area contributed by atoms with Crippen LogP contribution in [0.2, 0.25) is 0 Å². The first kappa shape index (κ1) is 23.0. The number of anilines is 1. The van der Waals surface area contributed by atoms with E-state index in [1.165, 1.54) is 5.56 Å². The second-order valence-corrected chi connectivity index (χ2v) is 8.24. The van der Waals surface area contributed by atoms with Crippen molar-refractivity contribution in [3.8, 4) is 0 Å².